The molecule has 7 nitrogen and oxygen atoms in total. The quantitative estimate of drug-likeness (QED) is 0.0867. The van der Waals surface area contributed by atoms with E-state index in [0.717, 1.165) is 57.8 Å². The van der Waals surface area contributed by atoms with Gasteiger partial charge in [-0.15, -0.1) is 0 Å². The molecule has 0 bridgehead atoms. The van der Waals surface area contributed by atoms with Crippen LogP contribution < -0.4 is 0 Å². The van der Waals surface area contributed by atoms with Crippen LogP contribution in [0, 0.1) is 0 Å². The summed E-state index contributed by atoms with van der Waals surface area (Å²) in [6, 6.07) is -0.603. The molecule has 7 heteroatoms. The van der Waals surface area contributed by atoms with Crippen molar-refractivity contribution < 1.29 is 19.4 Å². The Bertz CT molecular complexity index is 535. The second kappa shape index (κ2) is 19.3. The van der Waals surface area contributed by atoms with Gasteiger partial charge in [0.25, 0.3) is 0 Å². The highest BCUT2D eigenvalue weighted by Crippen LogP contribution is 2.29. The molecule has 1 fully saturated rings. The molecule has 1 aliphatic heterocycles. The molecule has 0 aromatic carbocycles. The van der Waals surface area contributed by atoms with Crippen LogP contribution in [0.15, 0.2) is 5.11 Å². The lowest BCUT2D eigenvalue weighted by Gasteiger charge is -2.16. The molecule has 0 aromatic heterocycles. The maximum Gasteiger partial charge on any atom is 0.164 e. The number of hydrogen-bond acceptors (Lipinski definition) is 5. The number of nitrogens with zero attached hydrogens (tertiary/aromatic N) is 3. The molecule has 0 spiro atoms. The van der Waals surface area contributed by atoms with Crippen LogP contribution in [0.25, 0.3) is 10.4 Å². The van der Waals surface area contributed by atoms with Gasteiger partial charge in [0.2, 0.25) is 0 Å². The Hall–Kier alpha value is -1.43. The van der Waals surface area contributed by atoms with E-state index in [9.17, 15) is 14.7 Å². The normalized spacial score (nSPS) is 18.9. The number of azide groups is 1. The second-order valence-electron chi connectivity index (χ2n) is 8.44. The van der Waals surface area contributed by atoms with Crippen LogP contribution in [-0.2, 0) is 14.3 Å². The van der Waals surface area contributed by atoms with Gasteiger partial charge in [0.15, 0.2) is 11.6 Å². The van der Waals surface area contributed by atoms with Crippen LogP contribution >= 0.6 is 0 Å². The molecule has 1 N–H and O–H groups in total. The SMILES string of the molecule is CCCCCC(=O)[C@@H](O)[C@H](CCCC)N=[N+]=[N-].CCCCCC(=O)[C@H]1O[C@@H]1CCCC. The first-order valence-corrected chi connectivity index (χ1v) is 12.4. The Morgan fingerprint density at radius 3 is 2.06 bits per heavy atom. The number of Topliss-reactive ketones (excluding diaryl/α,β-unsaturated/α-hetero) is 2. The first-order chi connectivity index (χ1) is 15.0. The van der Waals surface area contributed by atoms with E-state index in [1.807, 2.05) is 6.92 Å². The number of ketones is 2. The summed E-state index contributed by atoms with van der Waals surface area (Å²) in [4.78, 5) is 25.9. The number of carbonyl (C=O) groups excluding carboxylic acids is 2. The molecule has 0 unspecified atom stereocenters. The average molecular weight is 440 g/mol. The van der Waals surface area contributed by atoms with E-state index >= 15 is 0 Å². The molecule has 0 aromatic rings. The molecule has 31 heavy (non-hydrogen) atoms. The van der Waals surface area contributed by atoms with E-state index in [1.54, 1.807) is 0 Å². The molecule has 0 radical (unpaired) electrons. The Morgan fingerprint density at radius 2 is 1.52 bits per heavy atom. The van der Waals surface area contributed by atoms with E-state index < -0.39 is 12.1 Å². The van der Waals surface area contributed by atoms with Crippen molar-refractivity contribution in [2.75, 3.05) is 0 Å². The van der Waals surface area contributed by atoms with Crippen LogP contribution in [0.1, 0.15) is 118 Å². The third-order valence-electron chi connectivity index (χ3n) is 5.54. The lowest BCUT2D eigenvalue weighted by Crippen LogP contribution is -2.32. The van der Waals surface area contributed by atoms with E-state index in [1.165, 1.54) is 19.3 Å². The minimum Gasteiger partial charge on any atom is -0.385 e. The average Bonchev–Trinajstić information content (AvgIpc) is 3.55. The summed E-state index contributed by atoms with van der Waals surface area (Å²) < 4.78 is 5.36. The fraction of sp³-hybridized carbons (Fsp3) is 0.917. The summed E-state index contributed by atoms with van der Waals surface area (Å²) in [6.07, 6.45) is 12.2. The zero-order valence-electron chi connectivity index (χ0n) is 20.2. The van der Waals surface area contributed by atoms with Crippen molar-refractivity contribution in [1.29, 1.82) is 0 Å². The van der Waals surface area contributed by atoms with Gasteiger partial charge in [-0.3, -0.25) is 9.59 Å². The van der Waals surface area contributed by atoms with Gasteiger partial charge < -0.3 is 9.84 Å². The number of epoxide rings is 1. The van der Waals surface area contributed by atoms with Gasteiger partial charge >= 0.3 is 0 Å². The summed E-state index contributed by atoms with van der Waals surface area (Å²) in [5.74, 6) is 0.131. The highest BCUT2D eigenvalue weighted by Gasteiger charge is 2.42. The highest BCUT2D eigenvalue weighted by atomic mass is 16.6. The van der Waals surface area contributed by atoms with Gasteiger partial charge in [-0.2, -0.15) is 0 Å². The van der Waals surface area contributed by atoms with Crippen LogP contribution in [0.5, 0.6) is 0 Å². The summed E-state index contributed by atoms with van der Waals surface area (Å²) in [6.45, 7) is 8.40. The highest BCUT2D eigenvalue weighted by molar-refractivity contribution is 5.85. The molecule has 180 valence electrons. The zero-order chi connectivity index (χ0) is 23.5. The molecule has 1 heterocycles. The molecule has 0 amide bonds. The van der Waals surface area contributed by atoms with E-state index in [2.05, 4.69) is 30.8 Å². The smallest absolute Gasteiger partial charge is 0.164 e. The van der Waals surface area contributed by atoms with Gasteiger partial charge in [0.05, 0.1) is 12.1 Å². The van der Waals surface area contributed by atoms with Gasteiger partial charge in [-0.25, -0.2) is 0 Å². The lowest BCUT2D eigenvalue weighted by atomic mass is 9.98. The predicted molar refractivity (Wildman–Crippen MR) is 125 cm³/mol. The molecule has 0 saturated carbocycles. The first kappa shape index (κ1) is 29.6. The zero-order valence-corrected chi connectivity index (χ0v) is 20.2. The van der Waals surface area contributed by atoms with Crippen molar-refractivity contribution in [3.8, 4) is 0 Å². The maximum atomic E-state index is 11.7. The third kappa shape index (κ3) is 14.3. The van der Waals surface area contributed by atoms with Crippen molar-refractivity contribution in [1.82, 2.24) is 0 Å². The number of carbonyl (C=O) groups is 2. The third-order valence-corrected chi connectivity index (χ3v) is 5.54. The fourth-order valence-electron chi connectivity index (χ4n) is 3.41. The molecular weight excluding hydrogens is 394 g/mol. The minimum atomic E-state index is -1.13. The van der Waals surface area contributed by atoms with Crippen molar-refractivity contribution in [2.24, 2.45) is 5.11 Å². The van der Waals surface area contributed by atoms with E-state index in [4.69, 9.17) is 10.3 Å². The topological polar surface area (TPSA) is 116 Å². The Kier molecular flexibility index (Phi) is 18.4. The van der Waals surface area contributed by atoms with Gasteiger partial charge in [-0.1, -0.05) is 84.2 Å². The molecule has 1 aliphatic rings. The number of unbranched alkanes of at least 4 members (excludes halogenated alkanes) is 6. The predicted octanol–water partition coefficient (Wildman–Crippen LogP) is 6.46. The monoisotopic (exact) mass is 439 g/mol. The Balaban J connectivity index is 0.000000590. The van der Waals surface area contributed by atoms with Crippen LogP contribution in [0.3, 0.4) is 0 Å². The van der Waals surface area contributed by atoms with Crippen LogP contribution in [0.2, 0.25) is 0 Å². The summed E-state index contributed by atoms with van der Waals surface area (Å²) in [7, 11) is 0. The largest absolute Gasteiger partial charge is 0.385 e. The number of aliphatic hydroxyl groups is 1. The number of rotatable bonds is 18. The van der Waals surface area contributed by atoms with Crippen molar-refractivity contribution in [3.05, 3.63) is 10.4 Å². The van der Waals surface area contributed by atoms with Gasteiger partial charge in [0, 0.05) is 17.8 Å². The molecular formula is C24H45N3O4. The molecule has 1 saturated heterocycles. The summed E-state index contributed by atoms with van der Waals surface area (Å²) in [5, 5.41) is 13.3. The van der Waals surface area contributed by atoms with E-state index in [0.29, 0.717) is 18.6 Å². The second-order valence-corrected chi connectivity index (χ2v) is 8.44. The Morgan fingerprint density at radius 1 is 0.935 bits per heavy atom. The molecule has 0 aliphatic carbocycles. The molecule has 4 atom stereocenters. The number of aliphatic hydroxyl groups excluding tert-OH is 1. The summed E-state index contributed by atoms with van der Waals surface area (Å²) in [5.41, 5.74) is 8.42. The van der Waals surface area contributed by atoms with Crippen molar-refractivity contribution in [3.63, 3.8) is 0 Å². The van der Waals surface area contributed by atoms with Crippen molar-refractivity contribution >= 4 is 11.6 Å². The van der Waals surface area contributed by atoms with Crippen LogP contribution in [-0.4, -0.2) is 41.0 Å². The number of ether oxygens (including phenoxy) is 1. The summed E-state index contributed by atoms with van der Waals surface area (Å²) >= 11 is 0. The first-order valence-electron chi connectivity index (χ1n) is 12.4. The Labute approximate surface area is 188 Å². The van der Waals surface area contributed by atoms with E-state index in [-0.39, 0.29) is 18.0 Å². The lowest BCUT2D eigenvalue weighted by molar-refractivity contribution is -0.128. The fourth-order valence-corrected chi connectivity index (χ4v) is 3.41. The standard InChI is InChI=1S/C12H23N3O2.C12H22O2/c1-3-5-7-9-11(16)12(17)10(14-15-13)8-6-4-2;1-3-5-7-8-10(13)12-11(14-12)9-6-4-2/h10,12,17H,3-9H2,1-2H3;11-12H,3-9H2,1-2H3/t10-,12-;11-,12-/m01/s1. The number of hydrogen-bond donors (Lipinski definition) is 1. The van der Waals surface area contributed by atoms with Crippen molar-refractivity contribution in [2.45, 2.75) is 142 Å². The van der Waals surface area contributed by atoms with Gasteiger partial charge in [-0.05, 0) is 31.2 Å². The minimum absolute atomic E-state index is 0.0293. The maximum absolute atomic E-state index is 11.7. The van der Waals surface area contributed by atoms with Gasteiger partial charge in [0.1, 0.15) is 12.2 Å². The molecule has 1 rings (SSSR count). The van der Waals surface area contributed by atoms with Crippen LogP contribution in [0.4, 0.5) is 0 Å².